The molecule has 6 nitrogen and oxygen atoms in total. The first-order valence-corrected chi connectivity index (χ1v) is 7.34. The highest BCUT2D eigenvalue weighted by Gasteiger charge is 2.31. The zero-order valence-electron chi connectivity index (χ0n) is 10.9. The molecule has 106 valence electrons. The van der Waals surface area contributed by atoms with Crippen LogP contribution < -0.4 is 0 Å². The molecule has 0 bridgehead atoms. The van der Waals surface area contributed by atoms with Gasteiger partial charge in [-0.15, -0.1) is 0 Å². The van der Waals surface area contributed by atoms with Crippen LogP contribution in [-0.4, -0.2) is 61.0 Å². The molecule has 7 heteroatoms. The van der Waals surface area contributed by atoms with Crippen molar-refractivity contribution < 1.29 is 27.4 Å². The van der Waals surface area contributed by atoms with E-state index in [0.29, 0.717) is 18.5 Å². The summed E-state index contributed by atoms with van der Waals surface area (Å²) in [4.78, 5) is 12.0. The summed E-state index contributed by atoms with van der Waals surface area (Å²) in [5.41, 5.74) is 0.391. The third-order valence-electron chi connectivity index (χ3n) is 2.72. The van der Waals surface area contributed by atoms with Crippen molar-refractivity contribution in [1.29, 1.82) is 0 Å². The van der Waals surface area contributed by atoms with Gasteiger partial charge in [0.1, 0.15) is 0 Å². The predicted molar refractivity (Wildman–Crippen MR) is 68.5 cm³/mol. The van der Waals surface area contributed by atoms with Gasteiger partial charge in [0.05, 0.1) is 25.9 Å². The van der Waals surface area contributed by atoms with E-state index in [2.05, 4.69) is 6.58 Å². The smallest absolute Gasteiger partial charge is 0.340 e. The lowest BCUT2D eigenvalue weighted by Gasteiger charge is -2.31. The van der Waals surface area contributed by atoms with Crippen molar-refractivity contribution in [2.45, 2.75) is 19.8 Å². The number of hydrogen-bond acceptors (Lipinski definition) is 4. The molecule has 0 saturated heterocycles. The Hall–Kier alpha value is -0.760. The van der Waals surface area contributed by atoms with Gasteiger partial charge in [0.15, 0.2) is 0 Å². The summed E-state index contributed by atoms with van der Waals surface area (Å²) in [6.45, 7) is 5.85. The topological polar surface area (TPSA) is 91.7 Å². The summed E-state index contributed by atoms with van der Waals surface area (Å²) < 4.78 is 29.9. The molecule has 0 aromatic heterocycles. The second-order valence-corrected chi connectivity index (χ2v) is 6.22. The van der Waals surface area contributed by atoms with E-state index in [4.69, 9.17) is 9.66 Å². The fourth-order valence-corrected chi connectivity index (χ4v) is 2.29. The maximum atomic E-state index is 12.0. The van der Waals surface area contributed by atoms with Crippen molar-refractivity contribution in [2.75, 3.05) is 32.5 Å². The van der Waals surface area contributed by atoms with Gasteiger partial charge in [-0.1, -0.05) is 6.58 Å². The van der Waals surface area contributed by atoms with E-state index in [0.717, 1.165) is 0 Å². The highest BCUT2D eigenvalue weighted by molar-refractivity contribution is 7.85. The van der Waals surface area contributed by atoms with Gasteiger partial charge >= 0.3 is 5.91 Å². The summed E-state index contributed by atoms with van der Waals surface area (Å²) in [6.07, 6.45) is 0.626. The molecule has 0 aliphatic carbocycles. The van der Waals surface area contributed by atoms with Crippen LogP contribution in [0.15, 0.2) is 12.2 Å². The highest BCUT2D eigenvalue weighted by atomic mass is 32.2. The van der Waals surface area contributed by atoms with Crippen molar-refractivity contribution >= 4 is 16.0 Å². The van der Waals surface area contributed by atoms with Gasteiger partial charge in [0.25, 0.3) is 10.1 Å². The van der Waals surface area contributed by atoms with Gasteiger partial charge < -0.3 is 5.11 Å². The molecule has 18 heavy (non-hydrogen) atoms. The summed E-state index contributed by atoms with van der Waals surface area (Å²) in [7, 11) is -2.33. The molecule has 2 N–H and O–H groups in total. The molecule has 1 unspecified atom stereocenters. The number of rotatable bonds is 8. The van der Waals surface area contributed by atoms with Gasteiger partial charge in [-0.25, -0.2) is 4.79 Å². The lowest BCUT2D eigenvalue weighted by molar-refractivity contribution is -0.833. The number of carbonyl (C=O) groups is 1. The normalized spacial score (nSPS) is 15.1. The average Bonchev–Trinajstić information content (AvgIpc) is 2.23. The lowest BCUT2D eigenvalue weighted by Crippen LogP contribution is -2.51. The number of carbonyl (C=O) groups excluding carboxylic acids is 1. The number of hydrogen-bond donors (Lipinski definition) is 2. The van der Waals surface area contributed by atoms with E-state index < -0.39 is 10.1 Å². The number of likely N-dealkylation sites (N-methyl/N-ethyl adjacent to an activating group) is 1. The predicted octanol–water partition coefficient (Wildman–Crippen LogP) is 0.196. The fourth-order valence-electron chi connectivity index (χ4n) is 1.79. The second-order valence-electron chi connectivity index (χ2n) is 4.65. The number of aliphatic hydroxyl groups excluding tert-OH is 1. The standard InChI is InChI=1S/C11H21NO5S/c1-10(2)11(14)12(3,6-4-8-13)7-5-9-18(15,16)17/h13H,1,4-9H2,2-3H3/p+1. The monoisotopic (exact) mass is 280 g/mol. The molecule has 0 saturated carbocycles. The van der Waals surface area contributed by atoms with Gasteiger partial charge in [-0.05, 0) is 6.92 Å². The lowest BCUT2D eigenvalue weighted by atomic mass is 10.2. The maximum Gasteiger partial charge on any atom is 0.340 e. The molecule has 1 amide bonds. The van der Waals surface area contributed by atoms with Gasteiger partial charge in [0, 0.05) is 25.0 Å². The Labute approximate surface area is 108 Å². The van der Waals surface area contributed by atoms with E-state index in [1.165, 1.54) is 0 Å². The molecule has 0 aromatic carbocycles. The van der Waals surface area contributed by atoms with E-state index in [1.54, 1.807) is 14.0 Å². The Morgan fingerprint density at radius 2 is 1.78 bits per heavy atom. The minimum atomic E-state index is -4.01. The van der Waals surface area contributed by atoms with Crippen LogP contribution in [0.4, 0.5) is 0 Å². The van der Waals surface area contributed by atoms with E-state index in [1.807, 2.05) is 0 Å². The Bertz CT molecular complexity index is 404. The third-order valence-corrected chi connectivity index (χ3v) is 3.52. The molecule has 0 heterocycles. The van der Waals surface area contributed by atoms with Crippen LogP contribution in [0, 0.1) is 0 Å². The zero-order valence-corrected chi connectivity index (χ0v) is 11.7. The molecule has 0 spiro atoms. The number of nitrogens with zero attached hydrogens (tertiary/aromatic N) is 1. The number of amides is 1. The summed E-state index contributed by atoms with van der Waals surface area (Å²) in [6, 6.07) is 0. The second kappa shape index (κ2) is 6.98. The SMILES string of the molecule is C=C(C)C(=O)[N+](C)(CCCO)CCCS(=O)(=O)O. The summed E-state index contributed by atoms with van der Waals surface area (Å²) in [5, 5.41) is 8.83. The molecular weight excluding hydrogens is 258 g/mol. The van der Waals surface area contributed by atoms with Crippen LogP contribution in [-0.2, 0) is 14.9 Å². The molecule has 0 radical (unpaired) electrons. The first-order chi connectivity index (χ1) is 8.12. The van der Waals surface area contributed by atoms with Crippen LogP contribution in [0.2, 0.25) is 0 Å². The van der Waals surface area contributed by atoms with Crippen LogP contribution >= 0.6 is 0 Å². The zero-order chi connectivity index (χ0) is 14.4. The first kappa shape index (κ1) is 17.2. The highest BCUT2D eigenvalue weighted by Crippen LogP contribution is 2.12. The number of quaternary nitrogens is 1. The van der Waals surface area contributed by atoms with E-state index in [-0.39, 0.29) is 35.7 Å². The molecular formula is C11H22NO5S+. The van der Waals surface area contributed by atoms with Crippen molar-refractivity contribution in [3.8, 4) is 0 Å². The van der Waals surface area contributed by atoms with Crippen LogP contribution in [0.1, 0.15) is 19.8 Å². The Balaban J connectivity index is 4.67. The number of aliphatic hydroxyl groups is 1. The van der Waals surface area contributed by atoms with Crippen molar-refractivity contribution in [3.63, 3.8) is 0 Å². The molecule has 0 aliphatic heterocycles. The molecule has 0 aliphatic rings. The average molecular weight is 280 g/mol. The van der Waals surface area contributed by atoms with Crippen LogP contribution in [0.25, 0.3) is 0 Å². The minimum absolute atomic E-state index is 0.00852. The van der Waals surface area contributed by atoms with Gasteiger partial charge in [0.2, 0.25) is 0 Å². The fraction of sp³-hybridized carbons (Fsp3) is 0.727. The van der Waals surface area contributed by atoms with Gasteiger partial charge in [-0.2, -0.15) is 8.42 Å². The van der Waals surface area contributed by atoms with Crippen LogP contribution in [0.5, 0.6) is 0 Å². The molecule has 0 aromatic rings. The molecule has 1 atom stereocenters. The Kier molecular flexibility index (Phi) is 6.69. The van der Waals surface area contributed by atoms with Crippen LogP contribution in [0.3, 0.4) is 0 Å². The quantitative estimate of drug-likeness (QED) is 0.376. The molecule has 0 rings (SSSR count). The third kappa shape index (κ3) is 6.25. The first-order valence-electron chi connectivity index (χ1n) is 5.73. The Morgan fingerprint density at radius 1 is 1.28 bits per heavy atom. The minimum Gasteiger partial charge on any atom is -0.396 e. The van der Waals surface area contributed by atoms with Crippen molar-refractivity contribution in [3.05, 3.63) is 12.2 Å². The summed E-state index contributed by atoms with van der Waals surface area (Å²) in [5.74, 6) is -0.553. The van der Waals surface area contributed by atoms with Crippen molar-refractivity contribution in [1.82, 2.24) is 0 Å². The largest absolute Gasteiger partial charge is 0.396 e. The summed E-state index contributed by atoms with van der Waals surface area (Å²) >= 11 is 0. The Morgan fingerprint density at radius 3 is 2.17 bits per heavy atom. The van der Waals surface area contributed by atoms with E-state index in [9.17, 15) is 13.2 Å². The van der Waals surface area contributed by atoms with Gasteiger partial charge in [-0.3, -0.25) is 9.04 Å². The van der Waals surface area contributed by atoms with E-state index >= 15 is 0 Å². The van der Waals surface area contributed by atoms with Crippen molar-refractivity contribution in [2.24, 2.45) is 0 Å². The molecule has 0 fully saturated rings. The maximum absolute atomic E-state index is 12.0.